The summed E-state index contributed by atoms with van der Waals surface area (Å²) in [7, 11) is 0. The highest BCUT2D eigenvalue weighted by atomic mass is 19.4. The molecule has 3 atom stereocenters. The molecule has 0 amide bonds. The third-order valence-corrected chi connectivity index (χ3v) is 6.11. The molecular formula is C26H32F3NO4. The zero-order chi connectivity index (χ0) is 25.8. The van der Waals surface area contributed by atoms with E-state index in [4.69, 9.17) is 4.74 Å². The second kappa shape index (κ2) is 10.6. The summed E-state index contributed by atoms with van der Waals surface area (Å²) in [4.78, 5) is 27.3. The molecule has 0 spiro atoms. The van der Waals surface area contributed by atoms with E-state index in [1.165, 1.54) is 26.8 Å². The zero-order valence-electron chi connectivity index (χ0n) is 20.3. The van der Waals surface area contributed by atoms with Gasteiger partial charge in [-0.3, -0.25) is 9.59 Å². The van der Waals surface area contributed by atoms with Crippen LogP contribution in [-0.2, 0) is 14.3 Å². The summed E-state index contributed by atoms with van der Waals surface area (Å²) in [5.41, 5.74) is 0.503. The number of carbonyl (C=O) groups excluding carboxylic acids is 1. The van der Waals surface area contributed by atoms with Crippen molar-refractivity contribution >= 4 is 28.9 Å². The Labute approximate surface area is 198 Å². The first-order valence-electron chi connectivity index (χ1n) is 11.2. The van der Waals surface area contributed by atoms with E-state index >= 15 is 0 Å². The van der Waals surface area contributed by atoms with Gasteiger partial charge in [0.1, 0.15) is 6.10 Å². The van der Waals surface area contributed by atoms with E-state index in [0.29, 0.717) is 16.8 Å². The van der Waals surface area contributed by atoms with E-state index in [2.05, 4.69) is 4.98 Å². The zero-order valence-corrected chi connectivity index (χ0v) is 20.3. The maximum absolute atomic E-state index is 14.0. The molecule has 1 aromatic heterocycles. The number of hydrogen-bond donors (Lipinski definition) is 1. The van der Waals surface area contributed by atoms with E-state index in [9.17, 15) is 27.9 Å². The molecule has 0 bridgehead atoms. The van der Waals surface area contributed by atoms with E-state index in [0.717, 1.165) is 5.39 Å². The SMILES string of the molecule is CC(=O)O[C@H](C)c1ccc2ccc(/C=C/C(C)(C)[C@@H](C[C@H](C(=O)O)C(C)C)C(F)(F)F)cc2n1. The topological polar surface area (TPSA) is 76.5 Å². The lowest BCUT2D eigenvalue weighted by Crippen LogP contribution is -2.39. The van der Waals surface area contributed by atoms with Crippen LogP contribution in [0.25, 0.3) is 17.0 Å². The van der Waals surface area contributed by atoms with Crippen molar-refractivity contribution < 1.29 is 32.6 Å². The first-order chi connectivity index (χ1) is 15.6. The van der Waals surface area contributed by atoms with Crippen molar-refractivity contribution in [2.24, 2.45) is 23.2 Å². The number of halogens is 3. The summed E-state index contributed by atoms with van der Waals surface area (Å²) in [6, 6.07) is 8.95. The molecule has 0 saturated heterocycles. The van der Waals surface area contributed by atoms with Crippen molar-refractivity contribution in [3.63, 3.8) is 0 Å². The number of ether oxygens (including phenoxy) is 1. The Morgan fingerprint density at radius 1 is 1.12 bits per heavy atom. The molecule has 2 rings (SSSR count). The number of aliphatic carboxylic acids is 1. The second-order valence-electron chi connectivity index (χ2n) is 9.61. The number of benzene rings is 1. The summed E-state index contributed by atoms with van der Waals surface area (Å²) in [6.07, 6.45) is -2.49. The summed E-state index contributed by atoms with van der Waals surface area (Å²) < 4.78 is 47.1. The number of hydrogen-bond acceptors (Lipinski definition) is 4. The van der Waals surface area contributed by atoms with Crippen molar-refractivity contribution in [3.05, 3.63) is 47.7 Å². The Kier molecular flexibility index (Phi) is 8.50. The van der Waals surface area contributed by atoms with Gasteiger partial charge in [-0.05, 0) is 42.4 Å². The molecule has 0 unspecified atom stereocenters. The number of pyridine rings is 1. The van der Waals surface area contributed by atoms with Gasteiger partial charge in [-0.15, -0.1) is 0 Å². The minimum atomic E-state index is -4.55. The second-order valence-corrected chi connectivity index (χ2v) is 9.61. The number of rotatable bonds is 9. The van der Waals surface area contributed by atoms with Gasteiger partial charge >= 0.3 is 18.1 Å². The number of allylic oxidation sites excluding steroid dienone is 1. The van der Waals surface area contributed by atoms with Crippen LogP contribution in [0.4, 0.5) is 13.2 Å². The molecule has 2 aromatic rings. The molecule has 0 aliphatic heterocycles. The normalized spacial score (nSPS) is 15.5. The average Bonchev–Trinajstić information content (AvgIpc) is 2.69. The highest BCUT2D eigenvalue weighted by Crippen LogP contribution is 2.45. The minimum absolute atomic E-state index is 0.419. The monoisotopic (exact) mass is 479 g/mol. The first-order valence-corrected chi connectivity index (χ1v) is 11.2. The molecule has 0 aliphatic rings. The third kappa shape index (κ3) is 7.05. The molecule has 34 heavy (non-hydrogen) atoms. The lowest BCUT2D eigenvalue weighted by molar-refractivity contribution is -0.203. The van der Waals surface area contributed by atoms with Gasteiger partial charge in [0, 0.05) is 12.3 Å². The first kappa shape index (κ1) is 27.3. The predicted molar refractivity (Wildman–Crippen MR) is 125 cm³/mol. The lowest BCUT2D eigenvalue weighted by atomic mass is 9.71. The van der Waals surface area contributed by atoms with Crippen molar-refractivity contribution in [1.29, 1.82) is 0 Å². The molecule has 1 aromatic carbocycles. The highest BCUT2D eigenvalue weighted by molar-refractivity contribution is 5.81. The molecular weight excluding hydrogens is 447 g/mol. The molecule has 0 radical (unpaired) electrons. The Bertz CT molecular complexity index is 1060. The maximum atomic E-state index is 14.0. The van der Waals surface area contributed by atoms with Crippen LogP contribution in [0.1, 0.15) is 65.3 Å². The molecule has 0 saturated carbocycles. The standard InChI is InChI=1S/C26H32F3NO4/c1-15(2)20(24(32)33)14-23(26(27,28)29)25(5,6)12-11-18-7-8-19-9-10-21(30-22(19)13-18)16(3)34-17(4)31/h7-13,15-16,20,23H,14H2,1-6H3,(H,32,33)/b12-11+/t16-,20+,23-/m1/s1. The van der Waals surface area contributed by atoms with Gasteiger partial charge < -0.3 is 9.84 Å². The van der Waals surface area contributed by atoms with E-state index in [1.54, 1.807) is 45.0 Å². The molecule has 186 valence electrons. The number of fused-ring (bicyclic) bond motifs is 1. The van der Waals surface area contributed by atoms with Crippen LogP contribution in [0.2, 0.25) is 0 Å². The highest BCUT2D eigenvalue weighted by Gasteiger charge is 2.49. The fraction of sp³-hybridized carbons (Fsp3) is 0.500. The summed E-state index contributed by atoms with van der Waals surface area (Å²) in [5, 5.41) is 10.3. The van der Waals surface area contributed by atoms with E-state index in [1.807, 2.05) is 12.1 Å². The molecule has 1 N–H and O–H groups in total. The summed E-state index contributed by atoms with van der Waals surface area (Å²) in [6.45, 7) is 9.20. The lowest BCUT2D eigenvalue weighted by Gasteiger charge is -2.35. The van der Waals surface area contributed by atoms with Gasteiger partial charge in [0.15, 0.2) is 0 Å². The van der Waals surface area contributed by atoms with Crippen molar-refractivity contribution in [1.82, 2.24) is 4.98 Å². The largest absolute Gasteiger partial charge is 0.481 e. The Morgan fingerprint density at radius 2 is 1.74 bits per heavy atom. The quantitative estimate of drug-likeness (QED) is 0.399. The number of carbonyl (C=O) groups is 2. The van der Waals surface area contributed by atoms with Crippen LogP contribution in [0, 0.1) is 23.2 Å². The van der Waals surface area contributed by atoms with Gasteiger partial charge in [-0.1, -0.05) is 58.0 Å². The van der Waals surface area contributed by atoms with Crippen LogP contribution < -0.4 is 0 Å². The van der Waals surface area contributed by atoms with E-state index < -0.39 is 53.8 Å². The van der Waals surface area contributed by atoms with Gasteiger partial charge in [-0.2, -0.15) is 13.2 Å². The average molecular weight is 480 g/mol. The summed E-state index contributed by atoms with van der Waals surface area (Å²) in [5.74, 6) is -4.98. The molecule has 5 nitrogen and oxygen atoms in total. The van der Waals surface area contributed by atoms with Gasteiger partial charge in [0.25, 0.3) is 0 Å². The smallest absolute Gasteiger partial charge is 0.392 e. The number of alkyl halides is 3. The Morgan fingerprint density at radius 3 is 2.26 bits per heavy atom. The number of nitrogens with zero attached hydrogens (tertiary/aromatic N) is 1. The Balaban J connectivity index is 2.36. The minimum Gasteiger partial charge on any atom is -0.481 e. The fourth-order valence-corrected chi connectivity index (χ4v) is 3.99. The number of carboxylic acid groups (broad SMARTS) is 1. The fourth-order valence-electron chi connectivity index (χ4n) is 3.99. The third-order valence-electron chi connectivity index (χ3n) is 6.11. The Hall–Kier alpha value is -2.90. The van der Waals surface area contributed by atoms with Crippen molar-refractivity contribution in [2.75, 3.05) is 0 Å². The number of carboxylic acids is 1. The van der Waals surface area contributed by atoms with Crippen LogP contribution in [0.3, 0.4) is 0 Å². The van der Waals surface area contributed by atoms with E-state index in [-0.39, 0.29) is 0 Å². The van der Waals surface area contributed by atoms with Gasteiger partial charge in [0.2, 0.25) is 0 Å². The van der Waals surface area contributed by atoms with Crippen LogP contribution >= 0.6 is 0 Å². The molecule has 0 fully saturated rings. The molecule has 8 heteroatoms. The van der Waals surface area contributed by atoms with Crippen molar-refractivity contribution in [2.45, 2.75) is 60.2 Å². The van der Waals surface area contributed by atoms with Gasteiger partial charge in [-0.25, -0.2) is 4.98 Å². The van der Waals surface area contributed by atoms with Crippen LogP contribution in [-0.4, -0.2) is 28.2 Å². The maximum Gasteiger partial charge on any atom is 0.392 e. The molecule has 1 heterocycles. The summed E-state index contributed by atoms with van der Waals surface area (Å²) >= 11 is 0. The predicted octanol–water partition coefficient (Wildman–Crippen LogP) is 6.82. The van der Waals surface area contributed by atoms with Crippen molar-refractivity contribution in [3.8, 4) is 0 Å². The van der Waals surface area contributed by atoms with Crippen LogP contribution in [0.15, 0.2) is 36.4 Å². The van der Waals surface area contributed by atoms with Gasteiger partial charge in [0.05, 0.1) is 23.0 Å². The number of aromatic nitrogens is 1. The van der Waals surface area contributed by atoms with Crippen LogP contribution in [0.5, 0.6) is 0 Å². The molecule has 0 aliphatic carbocycles. The number of esters is 1.